The molecule has 0 saturated heterocycles. The molecule has 0 heterocycles. The summed E-state index contributed by atoms with van der Waals surface area (Å²) in [6.45, 7) is 0. The van der Waals surface area contributed by atoms with Gasteiger partial charge in [-0.2, -0.15) is 0 Å². The highest BCUT2D eigenvalue weighted by molar-refractivity contribution is 5.78. The third-order valence-electron chi connectivity index (χ3n) is 4.57. The number of anilines is 3. The van der Waals surface area contributed by atoms with Crippen LogP contribution in [-0.4, -0.2) is 4.92 Å². The zero-order valence-corrected chi connectivity index (χ0v) is 15.1. The first-order valence-electron chi connectivity index (χ1n) is 8.97. The van der Waals surface area contributed by atoms with Crippen LogP contribution in [0.2, 0.25) is 0 Å². The van der Waals surface area contributed by atoms with Gasteiger partial charge >= 0.3 is 0 Å². The van der Waals surface area contributed by atoms with E-state index in [0.717, 1.165) is 28.2 Å². The highest BCUT2D eigenvalue weighted by Gasteiger charge is 2.12. The molecule has 4 rings (SSSR count). The monoisotopic (exact) mass is 366 g/mol. The molecule has 0 bridgehead atoms. The first-order valence-corrected chi connectivity index (χ1v) is 8.97. The Bertz CT molecular complexity index is 1020. The van der Waals surface area contributed by atoms with Crippen molar-refractivity contribution in [3.63, 3.8) is 0 Å². The SMILES string of the molecule is O=[N+]([O-])c1ccc(-c2ccc(N(c3ccccc3)c3ccccc3)cc2)cc1. The first-order chi connectivity index (χ1) is 13.7. The summed E-state index contributed by atoms with van der Waals surface area (Å²) < 4.78 is 0. The summed E-state index contributed by atoms with van der Waals surface area (Å²) in [4.78, 5) is 12.6. The minimum atomic E-state index is -0.384. The summed E-state index contributed by atoms with van der Waals surface area (Å²) in [5.74, 6) is 0. The Labute approximate surface area is 163 Å². The molecule has 0 atom stereocenters. The van der Waals surface area contributed by atoms with E-state index in [2.05, 4.69) is 41.3 Å². The standard InChI is InChI=1S/C24H18N2O2/c27-26(28)24-17-13-20(14-18-24)19-11-15-23(16-12-19)25(21-7-3-1-4-8-21)22-9-5-2-6-10-22/h1-18H. The van der Waals surface area contributed by atoms with Gasteiger partial charge in [0.25, 0.3) is 5.69 Å². The summed E-state index contributed by atoms with van der Waals surface area (Å²) >= 11 is 0. The summed E-state index contributed by atoms with van der Waals surface area (Å²) in [5.41, 5.74) is 5.26. The minimum absolute atomic E-state index is 0.0969. The van der Waals surface area contributed by atoms with Gasteiger partial charge in [-0.3, -0.25) is 10.1 Å². The van der Waals surface area contributed by atoms with Crippen molar-refractivity contribution in [2.24, 2.45) is 0 Å². The van der Waals surface area contributed by atoms with Crippen LogP contribution in [0.3, 0.4) is 0 Å². The Morgan fingerprint density at radius 2 is 0.929 bits per heavy atom. The molecule has 0 saturated carbocycles. The van der Waals surface area contributed by atoms with Crippen LogP contribution < -0.4 is 4.90 Å². The largest absolute Gasteiger partial charge is 0.311 e. The lowest BCUT2D eigenvalue weighted by Gasteiger charge is -2.25. The van der Waals surface area contributed by atoms with E-state index in [9.17, 15) is 10.1 Å². The van der Waals surface area contributed by atoms with Gasteiger partial charge in [0.2, 0.25) is 0 Å². The van der Waals surface area contributed by atoms with Gasteiger partial charge in [0.05, 0.1) is 4.92 Å². The zero-order chi connectivity index (χ0) is 19.3. The predicted octanol–water partition coefficient (Wildman–Crippen LogP) is 6.73. The van der Waals surface area contributed by atoms with Crippen molar-refractivity contribution in [3.8, 4) is 11.1 Å². The minimum Gasteiger partial charge on any atom is -0.311 e. The van der Waals surface area contributed by atoms with E-state index < -0.39 is 0 Å². The highest BCUT2D eigenvalue weighted by Crippen LogP contribution is 2.35. The number of hydrogen-bond donors (Lipinski definition) is 0. The van der Waals surface area contributed by atoms with E-state index in [-0.39, 0.29) is 10.6 Å². The Kier molecular flexibility index (Phi) is 4.85. The van der Waals surface area contributed by atoms with Crippen molar-refractivity contribution >= 4 is 22.7 Å². The number of rotatable bonds is 5. The zero-order valence-electron chi connectivity index (χ0n) is 15.1. The molecule has 4 aromatic carbocycles. The number of benzene rings is 4. The Morgan fingerprint density at radius 1 is 0.536 bits per heavy atom. The van der Waals surface area contributed by atoms with Crippen LogP contribution in [-0.2, 0) is 0 Å². The van der Waals surface area contributed by atoms with Gasteiger partial charge in [-0.15, -0.1) is 0 Å². The molecule has 0 radical (unpaired) electrons. The number of para-hydroxylation sites is 2. The molecule has 0 aliphatic heterocycles. The number of nitro groups is 1. The van der Waals surface area contributed by atoms with Crippen molar-refractivity contribution in [1.82, 2.24) is 0 Å². The Balaban J connectivity index is 1.69. The molecule has 0 amide bonds. The normalized spacial score (nSPS) is 10.4. The second kappa shape index (κ2) is 7.76. The van der Waals surface area contributed by atoms with E-state index in [4.69, 9.17) is 0 Å². The third kappa shape index (κ3) is 3.62. The van der Waals surface area contributed by atoms with Crippen LogP contribution in [0.1, 0.15) is 0 Å². The molecule has 4 aromatic rings. The molecule has 136 valence electrons. The first kappa shape index (κ1) is 17.5. The molecule has 28 heavy (non-hydrogen) atoms. The molecule has 0 aliphatic rings. The van der Waals surface area contributed by atoms with Crippen molar-refractivity contribution in [2.75, 3.05) is 4.90 Å². The number of hydrogen-bond acceptors (Lipinski definition) is 3. The molecule has 4 nitrogen and oxygen atoms in total. The van der Waals surface area contributed by atoms with Crippen LogP contribution in [0.25, 0.3) is 11.1 Å². The second-order valence-corrected chi connectivity index (χ2v) is 6.36. The van der Waals surface area contributed by atoms with Crippen LogP contribution in [0, 0.1) is 10.1 Å². The number of nitro benzene ring substituents is 1. The third-order valence-corrected chi connectivity index (χ3v) is 4.57. The highest BCUT2D eigenvalue weighted by atomic mass is 16.6. The van der Waals surface area contributed by atoms with Gasteiger partial charge < -0.3 is 4.90 Å². The summed E-state index contributed by atoms with van der Waals surface area (Å²) in [6.07, 6.45) is 0. The Morgan fingerprint density at radius 3 is 1.36 bits per heavy atom. The maximum absolute atomic E-state index is 10.8. The number of nitrogens with zero attached hydrogens (tertiary/aromatic N) is 2. The lowest BCUT2D eigenvalue weighted by molar-refractivity contribution is -0.384. The second-order valence-electron chi connectivity index (χ2n) is 6.36. The quantitative estimate of drug-likeness (QED) is 0.290. The van der Waals surface area contributed by atoms with Crippen molar-refractivity contribution in [2.45, 2.75) is 0 Å². The molecule has 0 aromatic heterocycles. The molecule has 4 heteroatoms. The molecule has 0 spiro atoms. The molecule has 0 N–H and O–H groups in total. The fourth-order valence-electron chi connectivity index (χ4n) is 3.18. The predicted molar refractivity (Wildman–Crippen MR) is 113 cm³/mol. The topological polar surface area (TPSA) is 46.4 Å². The van der Waals surface area contributed by atoms with Crippen molar-refractivity contribution in [1.29, 1.82) is 0 Å². The van der Waals surface area contributed by atoms with Gasteiger partial charge in [-0.1, -0.05) is 48.5 Å². The smallest absolute Gasteiger partial charge is 0.269 e. The van der Waals surface area contributed by atoms with E-state index >= 15 is 0 Å². The van der Waals surface area contributed by atoms with Gasteiger partial charge in [0.1, 0.15) is 0 Å². The van der Waals surface area contributed by atoms with E-state index in [1.165, 1.54) is 12.1 Å². The van der Waals surface area contributed by atoms with E-state index in [1.54, 1.807) is 12.1 Å². The maximum Gasteiger partial charge on any atom is 0.269 e. The van der Waals surface area contributed by atoms with Gasteiger partial charge in [0.15, 0.2) is 0 Å². The molecular formula is C24H18N2O2. The average Bonchev–Trinajstić information content (AvgIpc) is 2.76. The molecule has 0 fully saturated rings. The van der Waals surface area contributed by atoms with Gasteiger partial charge in [-0.05, 0) is 59.7 Å². The van der Waals surface area contributed by atoms with Gasteiger partial charge in [0, 0.05) is 29.2 Å². The lowest BCUT2D eigenvalue weighted by Crippen LogP contribution is -2.09. The van der Waals surface area contributed by atoms with Crippen molar-refractivity contribution < 1.29 is 4.92 Å². The van der Waals surface area contributed by atoms with Crippen LogP contribution >= 0.6 is 0 Å². The van der Waals surface area contributed by atoms with Crippen molar-refractivity contribution in [3.05, 3.63) is 119 Å². The summed E-state index contributed by atoms with van der Waals surface area (Å²) in [7, 11) is 0. The maximum atomic E-state index is 10.8. The summed E-state index contributed by atoms with van der Waals surface area (Å²) in [6, 6.07) is 35.3. The van der Waals surface area contributed by atoms with Crippen LogP contribution in [0.5, 0.6) is 0 Å². The molecule has 0 unspecified atom stereocenters. The van der Waals surface area contributed by atoms with Gasteiger partial charge in [-0.25, -0.2) is 0 Å². The summed E-state index contributed by atoms with van der Waals surface area (Å²) in [5, 5.41) is 10.8. The number of non-ortho nitro benzene ring substituents is 1. The fraction of sp³-hybridized carbons (Fsp3) is 0. The molecule has 0 aliphatic carbocycles. The molecular weight excluding hydrogens is 348 g/mol. The van der Waals surface area contributed by atoms with E-state index in [1.807, 2.05) is 48.5 Å². The lowest BCUT2D eigenvalue weighted by atomic mass is 10.0. The van der Waals surface area contributed by atoms with E-state index in [0.29, 0.717) is 0 Å². The van der Waals surface area contributed by atoms with Crippen LogP contribution in [0.4, 0.5) is 22.7 Å². The average molecular weight is 366 g/mol. The fourth-order valence-corrected chi connectivity index (χ4v) is 3.18. The van der Waals surface area contributed by atoms with Crippen LogP contribution in [0.15, 0.2) is 109 Å². The Hall–Kier alpha value is -3.92.